The standard InChI is InChI=1S/C25H27F3N4O3/c1-4-5-8-14-32-22(34)19-13-7-6-12-18(19)20(31-32)21(33)29-30-23(35)24(2,3)16-10-9-11-17(15-16)25(26,27)28/h6-7,9-13,15H,4-5,8,14H2,1-3H3,(H,29,33)(H,30,35). The van der Waals surface area contributed by atoms with Crippen molar-refractivity contribution in [1.82, 2.24) is 20.6 Å². The van der Waals surface area contributed by atoms with Crippen LogP contribution in [0, 0.1) is 0 Å². The van der Waals surface area contributed by atoms with E-state index in [0.717, 1.165) is 25.0 Å². The second kappa shape index (κ2) is 10.3. The number of alkyl halides is 3. The summed E-state index contributed by atoms with van der Waals surface area (Å²) in [6.45, 7) is 5.27. The smallest absolute Gasteiger partial charge is 0.272 e. The van der Waals surface area contributed by atoms with Crippen LogP contribution in [0.4, 0.5) is 13.2 Å². The fourth-order valence-corrected chi connectivity index (χ4v) is 3.61. The van der Waals surface area contributed by atoms with Gasteiger partial charge in [-0.1, -0.05) is 56.2 Å². The van der Waals surface area contributed by atoms with Crippen LogP contribution in [-0.4, -0.2) is 21.6 Å². The monoisotopic (exact) mass is 488 g/mol. The van der Waals surface area contributed by atoms with Crippen molar-refractivity contribution in [3.05, 3.63) is 75.7 Å². The zero-order valence-electron chi connectivity index (χ0n) is 19.7. The molecular weight excluding hydrogens is 461 g/mol. The number of nitrogens with zero attached hydrogens (tertiary/aromatic N) is 2. The van der Waals surface area contributed by atoms with Gasteiger partial charge in [0.05, 0.1) is 16.4 Å². The van der Waals surface area contributed by atoms with Crippen LogP contribution in [0.25, 0.3) is 10.8 Å². The molecule has 7 nitrogen and oxygen atoms in total. The number of unbranched alkanes of at least 4 members (excludes halogenated alkanes) is 2. The van der Waals surface area contributed by atoms with Gasteiger partial charge in [-0.25, -0.2) is 4.68 Å². The summed E-state index contributed by atoms with van der Waals surface area (Å²) in [5, 5.41) is 4.87. The van der Waals surface area contributed by atoms with E-state index in [4.69, 9.17) is 0 Å². The Bertz CT molecular complexity index is 1300. The van der Waals surface area contributed by atoms with E-state index in [9.17, 15) is 27.6 Å². The molecule has 0 fully saturated rings. The molecule has 0 aliphatic rings. The lowest BCUT2D eigenvalue weighted by molar-refractivity contribution is -0.138. The molecule has 3 rings (SSSR count). The van der Waals surface area contributed by atoms with Gasteiger partial charge in [0.15, 0.2) is 5.69 Å². The first-order valence-corrected chi connectivity index (χ1v) is 11.2. The number of aryl methyl sites for hydroxylation is 1. The van der Waals surface area contributed by atoms with Gasteiger partial charge < -0.3 is 0 Å². The highest BCUT2D eigenvalue weighted by Crippen LogP contribution is 2.32. The predicted octanol–water partition coefficient (Wildman–Crippen LogP) is 4.34. The van der Waals surface area contributed by atoms with Gasteiger partial charge in [0.2, 0.25) is 5.91 Å². The lowest BCUT2D eigenvalue weighted by Gasteiger charge is -2.25. The number of carbonyl (C=O) groups excluding carboxylic acids is 2. The maximum atomic E-state index is 13.1. The van der Waals surface area contributed by atoms with Gasteiger partial charge >= 0.3 is 6.18 Å². The first-order valence-electron chi connectivity index (χ1n) is 11.2. The third-order valence-corrected chi connectivity index (χ3v) is 5.83. The summed E-state index contributed by atoms with van der Waals surface area (Å²) in [7, 11) is 0. The molecule has 2 amide bonds. The molecular formula is C25H27F3N4O3. The van der Waals surface area contributed by atoms with Crippen LogP contribution in [0.5, 0.6) is 0 Å². The molecule has 1 aromatic heterocycles. The first kappa shape index (κ1) is 25.9. The van der Waals surface area contributed by atoms with Crippen molar-refractivity contribution in [1.29, 1.82) is 0 Å². The van der Waals surface area contributed by atoms with Crippen molar-refractivity contribution in [3.63, 3.8) is 0 Å². The second-order valence-corrected chi connectivity index (χ2v) is 8.74. The Morgan fingerprint density at radius 2 is 1.60 bits per heavy atom. The molecule has 0 radical (unpaired) electrons. The van der Waals surface area contributed by atoms with Gasteiger partial charge in [-0.2, -0.15) is 18.3 Å². The van der Waals surface area contributed by atoms with Crippen molar-refractivity contribution in [2.24, 2.45) is 0 Å². The number of hydrogen-bond acceptors (Lipinski definition) is 4. The highest BCUT2D eigenvalue weighted by atomic mass is 19.4. The summed E-state index contributed by atoms with van der Waals surface area (Å²) in [5.41, 5.74) is 2.08. The van der Waals surface area contributed by atoms with Gasteiger partial charge in [0, 0.05) is 11.9 Å². The molecule has 0 atom stereocenters. The van der Waals surface area contributed by atoms with E-state index in [1.807, 2.05) is 6.92 Å². The number of carbonyl (C=O) groups is 2. The fourth-order valence-electron chi connectivity index (χ4n) is 3.61. The minimum atomic E-state index is -4.55. The maximum Gasteiger partial charge on any atom is 0.416 e. The molecule has 2 N–H and O–H groups in total. The Morgan fingerprint density at radius 3 is 2.26 bits per heavy atom. The SMILES string of the molecule is CCCCCn1nc(C(=O)NNC(=O)C(C)(C)c2cccc(C(F)(F)F)c2)c2ccccc2c1=O. The summed E-state index contributed by atoms with van der Waals surface area (Å²) < 4.78 is 40.5. The molecule has 186 valence electrons. The number of aromatic nitrogens is 2. The number of benzene rings is 2. The molecule has 1 heterocycles. The average Bonchev–Trinajstić information content (AvgIpc) is 2.83. The number of hydrazine groups is 1. The van der Waals surface area contributed by atoms with Crippen molar-refractivity contribution < 1.29 is 22.8 Å². The Morgan fingerprint density at radius 1 is 0.943 bits per heavy atom. The molecule has 0 saturated carbocycles. The van der Waals surface area contributed by atoms with Gasteiger partial charge in [-0.05, 0) is 38.0 Å². The van der Waals surface area contributed by atoms with Crippen LogP contribution in [0.3, 0.4) is 0 Å². The zero-order valence-corrected chi connectivity index (χ0v) is 19.7. The number of hydrogen-bond donors (Lipinski definition) is 2. The van der Waals surface area contributed by atoms with E-state index >= 15 is 0 Å². The largest absolute Gasteiger partial charge is 0.416 e. The average molecular weight is 489 g/mol. The highest BCUT2D eigenvalue weighted by Gasteiger charge is 2.35. The van der Waals surface area contributed by atoms with Crippen LogP contribution in [0.15, 0.2) is 53.3 Å². The molecule has 35 heavy (non-hydrogen) atoms. The third kappa shape index (κ3) is 5.70. The quantitative estimate of drug-likeness (QED) is 0.382. The Balaban J connectivity index is 1.84. The lowest BCUT2D eigenvalue weighted by Crippen LogP contribution is -2.49. The Kier molecular flexibility index (Phi) is 7.62. The van der Waals surface area contributed by atoms with Crippen molar-refractivity contribution in [2.75, 3.05) is 0 Å². The summed E-state index contributed by atoms with van der Waals surface area (Å²) in [5.74, 6) is -1.47. The summed E-state index contributed by atoms with van der Waals surface area (Å²) in [6.07, 6.45) is -2.00. The maximum absolute atomic E-state index is 13.1. The van der Waals surface area contributed by atoms with Crippen LogP contribution >= 0.6 is 0 Å². The lowest BCUT2D eigenvalue weighted by atomic mass is 9.83. The molecule has 0 bridgehead atoms. The molecule has 3 aromatic rings. The molecule has 0 unspecified atom stereocenters. The molecule has 0 aliphatic heterocycles. The topological polar surface area (TPSA) is 93.1 Å². The molecule has 0 spiro atoms. The van der Waals surface area contributed by atoms with E-state index in [1.165, 1.54) is 30.7 Å². The van der Waals surface area contributed by atoms with E-state index in [2.05, 4.69) is 16.0 Å². The van der Waals surface area contributed by atoms with Gasteiger partial charge in [0.25, 0.3) is 11.5 Å². The van der Waals surface area contributed by atoms with E-state index in [0.29, 0.717) is 23.7 Å². The van der Waals surface area contributed by atoms with Crippen LogP contribution in [0.1, 0.15) is 61.6 Å². The summed E-state index contributed by atoms with van der Waals surface area (Å²) in [4.78, 5) is 38.6. The first-order chi connectivity index (χ1) is 16.5. The number of halogens is 3. The van der Waals surface area contributed by atoms with Crippen molar-refractivity contribution >= 4 is 22.6 Å². The summed E-state index contributed by atoms with van der Waals surface area (Å²) in [6, 6.07) is 11.0. The van der Waals surface area contributed by atoms with Crippen molar-refractivity contribution in [3.8, 4) is 0 Å². The second-order valence-electron chi connectivity index (χ2n) is 8.74. The van der Waals surface area contributed by atoms with Crippen LogP contribution < -0.4 is 16.4 Å². The van der Waals surface area contributed by atoms with E-state index in [1.54, 1.807) is 24.3 Å². The van der Waals surface area contributed by atoms with Gasteiger partial charge in [-0.15, -0.1) is 0 Å². The zero-order chi connectivity index (χ0) is 25.8. The van der Waals surface area contributed by atoms with Crippen molar-refractivity contribution in [2.45, 2.75) is 58.2 Å². The Hall–Kier alpha value is -3.69. The molecule has 0 saturated heterocycles. The minimum absolute atomic E-state index is 0.0473. The van der Waals surface area contributed by atoms with E-state index < -0.39 is 29.0 Å². The Labute approximate surface area is 200 Å². The number of rotatable bonds is 7. The van der Waals surface area contributed by atoms with Gasteiger partial charge in [-0.3, -0.25) is 25.2 Å². The third-order valence-electron chi connectivity index (χ3n) is 5.83. The number of amides is 2. The van der Waals surface area contributed by atoms with Crippen LogP contribution in [0.2, 0.25) is 0 Å². The fraction of sp³-hybridized carbons (Fsp3) is 0.360. The molecule has 0 aliphatic carbocycles. The minimum Gasteiger partial charge on any atom is -0.272 e. The number of nitrogens with one attached hydrogen (secondary N) is 2. The molecule has 2 aromatic carbocycles. The summed E-state index contributed by atoms with van der Waals surface area (Å²) >= 11 is 0. The van der Waals surface area contributed by atoms with Crippen LogP contribution in [-0.2, 0) is 22.9 Å². The highest BCUT2D eigenvalue weighted by molar-refractivity contribution is 6.05. The molecule has 10 heteroatoms. The predicted molar refractivity (Wildman–Crippen MR) is 126 cm³/mol. The van der Waals surface area contributed by atoms with E-state index in [-0.39, 0.29) is 16.8 Å². The number of fused-ring (bicyclic) bond motifs is 1. The normalized spacial score (nSPS) is 11.9. The van der Waals surface area contributed by atoms with Gasteiger partial charge in [0.1, 0.15) is 0 Å².